The lowest BCUT2D eigenvalue weighted by molar-refractivity contribution is 1.31. The molecule has 2 aromatic heterocycles. The van der Waals surface area contributed by atoms with E-state index in [2.05, 4.69) is 193 Å². The number of para-hydroxylation sites is 1. The van der Waals surface area contributed by atoms with Gasteiger partial charge in [0.05, 0.1) is 11.4 Å². The zero-order chi connectivity index (χ0) is 34.9. The van der Waals surface area contributed by atoms with E-state index in [-0.39, 0.29) is 0 Å². The van der Waals surface area contributed by atoms with Crippen LogP contribution in [-0.4, -0.2) is 0 Å². The van der Waals surface area contributed by atoms with Gasteiger partial charge >= 0.3 is 0 Å². The molecule has 1 nitrogen and oxygen atoms in total. The van der Waals surface area contributed by atoms with Crippen LogP contribution < -0.4 is 4.90 Å². The first kappa shape index (κ1) is 30.4. The highest BCUT2D eigenvalue weighted by atomic mass is 32.1. The second kappa shape index (κ2) is 12.2. The van der Waals surface area contributed by atoms with Crippen LogP contribution in [0, 0.1) is 0 Å². The average molecular weight is 710 g/mol. The minimum atomic E-state index is 1.14. The summed E-state index contributed by atoms with van der Waals surface area (Å²) >= 11 is 3.74. The van der Waals surface area contributed by atoms with E-state index in [1.54, 1.807) is 0 Å². The van der Waals surface area contributed by atoms with Gasteiger partial charge in [0, 0.05) is 62.5 Å². The third kappa shape index (κ3) is 4.82. The second-order valence-corrected chi connectivity index (χ2v) is 15.8. The summed E-state index contributed by atoms with van der Waals surface area (Å²) in [5.74, 6) is 0. The van der Waals surface area contributed by atoms with Gasteiger partial charge < -0.3 is 4.90 Å². The highest BCUT2D eigenvalue weighted by Gasteiger charge is 2.26. The molecule has 0 radical (unpaired) electrons. The standard InChI is InChI=1S/C50H31NS2/c1-2-14-32(15-3-1)49-42-21-6-4-17-36(42)37-18-5-7-22-43(37)50(49)51(34-27-29-41-39-20-10-13-25-46(39)53-48(41)31-34)44-23-11-8-16-35(44)33-26-28-40-38-19-9-12-24-45(38)52-47(40)30-33/h1-31H. The molecule has 2 heterocycles. The van der Waals surface area contributed by atoms with Gasteiger partial charge in [-0.05, 0) is 63.7 Å². The van der Waals surface area contributed by atoms with Crippen molar-refractivity contribution in [3.63, 3.8) is 0 Å². The van der Waals surface area contributed by atoms with Gasteiger partial charge in [0.1, 0.15) is 0 Å². The first-order chi connectivity index (χ1) is 26.3. The predicted molar refractivity (Wildman–Crippen MR) is 233 cm³/mol. The largest absolute Gasteiger partial charge is 0.309 e. The van der Waals surface area contributed by atoms with Crippen molar-refractivity contribution >= 4 is 102 Å². The molecular formula is C50H31NS2. The first-order valence-electron chi connectivity index (χ1n) is 18.0. The quantitative estimate of drug-likeness (QED) is 0.161. The summed E-state index contributed by atoms with van der Waals surface area (Å²) in [5, 5.41) is 10.2. The molecule has 0 aliphatic rings. The van der Waals surface area contributed by atoms with Gasteiger partial charge in [-0.25, -0.2) is 0 Å². The van der Waals surface area contributed by atoms with E-state index in [0.29, 0.717) is 0 Å². The fourth-order valence-corrected chi connectivity index (χ4v) is 10.6. The first-order valence-corrected chi connectivity index (χ1v) is 19.6. The topological polar surface area (TPSA) is 3.24 Å². The number of hydrogen-bond acceptors (Lipinski definition) is 3. The van der Waals surface area contributed by atoms with E-state index in [1.165, 1.54) is 89.8 Å². The molecule has 0 fully saturated rings. The zero-order valence-corrected chi connectivity index (χ0v) is 30.3. The Morgan fingerprint density at radius 2 is 0.830 bits per heavy atom. The molecule has 0 atom stereocenters. The Kier molecular flexibility index (Phi) is 6.97. The number of hydrogen-bond donors (Lipinski definition) is 0. The summed E-state index contributed by atoms with van der Waals surface area (Å²) < 4.78 is 5.22. The van der Waals surface area contributed by atoms with E-state index < -0.39 is 0 Å². The number of nitrogens with zero attached hydrogens (tertiary/aromatic N) is 1. The SMILES string of the molecule is c1ccc(-c2c(N(c3ccc4c(c3)sc3ccccc34)c3ccccc3-c3ccc4c(c3)sc3ccccc34)c3ccccc3c3ccccc23)cc1. The van der Waals surface area contributed by atoms with Crippen LogP contribution in [0.5, 0.6) is 0 Å². The van der Waals surface area contributed by atoms with Crippen molar-refractivity contribution in [3.05, 3.63) is 188 Å². The minimum absolute atomic E-state index is 1.14. The summed E-state index contributed by atoms with van der Waals surface area (Å²) in [5.41, 5.74) is 8.29. The van der Waals surface area contributed by atoms with Crippen molar-refractivity contribution in [3.8, 4) is 22.3 Å². The predicted octanol–water partition coefficient (Wildman–Crippen LogP) is 15.5. The fourth-order valence-electron chi connectivity index (χ4n) is 8.30. The minimum Gasteiger partial charge on any atom is -0.309 e. The van der Waals surface area contributed by atoms with Crippen LogP contribution in [0.25, 0.3) is 84.1 Å². The normalized spacial score (nSPS) is 11.8. The lowest BCUT2D eigenvalue weighted by Gasteiger charge is -2.32. The van der Waals surface area contributed by atoms with Crippen LogP contribution in [0.3, 0.4) is 0 Å². The highest BCUT2D eigenvalue weighted by Crippen LogP contribution is 2.52. The maximum Gasteiger partial charge on any atom is 0.0625 e. The van der Waals surface area contributed by atoms with Crippen LogP contribution in [0.15, 0.2) is 188 Å². The van der Waals surface area contributed by atoms with Crippen LogP contribution in [0.4, 0.5) is 17.1 Å². The lowest BCUT2D eigenvalue weighted by atomic mass is 9.89. The second-order valence-electron chi connectivity index (χ2n) is 13.6. The molecule has 9 aromatic carbocycles. The molecule has 0 aliphatic heterocycles. The number of thiophene rings is 2. The summed E-state index contributed by atoms with van der Waals surface area (Å²) in [6.07, 6.45) is 0. The smallest absolute Gasteiger partial charge is 0.0625 e. The zero-order valence-electron chi connectivity index (χ0n) is 28.7. The van der Waals surface area contributed by atoms with Gasteiger partial charge in [-0.3, -0.25) is 0 Å². The van der Waals surface area contributed by atoms with Crippen molar-refractivity contribution in [1.82, 2.24) is 0 Å². The molecule has 3 heteroatoms. The fraction of sp³-hybridized carbons (Fsp3) is 0. The highest BCUT2D eigenvalue weighted by molar-refractivity contribution is 7.26. The van der Waals surface area contributed by atoms with Gasteiger partial charge in [-0.2, -0.15) is 0 Å². The van der Waals surface area contributed by atoms with Gasteiger partial charge in [-0.15, -0.1) is 22.7 Å². The van der Waals surface area contributed by atoms with E-state index in [1.807, 2.05) is 22.7 Å². The van der Waals surface area contributed by atoms with E-state index in [4.69, 9.17) is 0 Å². The molecule has 11 aromatic rings. The van der Waals surface area contributed by atoms with E-state index in [9.17, 15) is 0 Å². The summed E-state index contributed by atoms with van der Waals surface area (Å²) in [4.78, 5) is 2.55. The third-order valence-electron chi connectivity index (χ3n) is 10.6. The molecule has 0 unspecified atom stereocenters. The number of fused-ring (bicyclic) bond motifs is 9. The molecule has 0 N–H and O–H groups in total. The summed E-state index contributed by atoms with van der Waals surface area (Å²) in [6.45, 7) is 0. The van der Waals surface area contributed by atoms with Gasteiger partial charge in [0.2, 0.25) is 0 Å². The van der Waals surface area contributed by atoms with Crippen LogP contribution in [0.2, 0.25) is 0 Å². The molecule has 11 rings (SSSR count). The lowest BCUT2D eigenvalue weighted by Crippen LogP contribution is -2.13. The third-order valence-corrected chi connectivity index (χ3v) is 12.9. The molecular weight excluding hydrogens is 679 g/mol. The number of anilines is 3. The molecule has 0 aliphatic carbocycles. The van der Waals surface area contributed by atoms with Crippen LogP contribution >= 0.6 is 22.7 Å². The molecule has 0 bridgehead atoms. The Labute approximate surface area is 315 Å². The maximum absolute atomic E-state index is 2.55. The van der Waals surface area contributed by atoms with Crippen molar-refractivity contribution < 1.29 is 0 Å². The average Bonchev–Trinajstić information content (AvgIpc) is 3.79. The molecule has 0 saturated heterocycles. The summed E-state index contributed by atoms with van der Waals surface area (Å²) in [6, 6.07) is 69.3. The monoisotopic (exact) mass is 709 g/mol. The van der Waals surface area contributed by atoms with Crippen molar-refractivity contribution in [2.24, 2.45) is 0 Å². The van der Waals surface area contributed by atoms with E-state index in [0.717, 1.165) is 11.4 Å². The van der Waals surface area contributed by atoms with Crippen molar-refractivity contribution in [2.45, 2.75) is 0 Å². The number of benzene rings is 9. The summed E-state index contributed by atoms with van der Waals surface area (Å²) in [7, 11) is 0. The molecule has 0 spiro atoms. The molecule has 0 saturated carbocycles. The van der Waals surface area contributed by atoms with Crippen molar-refractivity contribution in [1.29, 1.82) is 0 Å². The Bertz CT molecular complexity index is 3190. The Balaban J connectivity index is 1.26. The maximum atomic E-state index is 2.55. The van der Waals surface area contributed by atoms with E-state index >= 15 is 0 Å². The van der Waals surface area contributed by atoms with Gasteiger partial charge in [0.25, 0.3) is 0 Å². The van der Waals surface area contributed by atoms with Crippen LogP contribution in [0.1, 0.15) is 0 Å². The van der Waals surface area contributed by atoms with Gasteiger partial charge in [0.15, 0.2) is 0 Å². The molecule has 248 valence electrons. The van der Waals surface area contributed by atoms with Gasteiger partial charge in [-0.1, -0.05) is 152 Å². The van der Waals surface area contributed by atoms with Crippen LogP contribution in [-0.2, 0) is 0 Å². The molecule has 0 amide bonds. The number of rotatable bonds is 5. The Morgan fingerprint density at radius 3 is 1.55 bits per heavy atom. The van der Waals surface area contributed by atoms with Crippen molar-refractivity contribution in [2.75, 3.05) is 4.90 Å². The molecule has 53 heavy (non-hydrogen) atoms. The Hall–Kier alpha value is -6.26. The Morgan fingerprint density at radius 1 is 0.321 bits per heavy atom.